The quantitative estimate of drug-likeness (QED) is 0.646. The van der Waals surface area contributed by atoms with E-state index in [1.54, 1.807) is 19.3 Å². The third-order valence-corrected chi connectivity index (χ3v) is 9.17. The van der Waals surface area contributed by atoms with Gasteiger partial charge in [-0.1, -0.05) is 20.8 Å². The van der Waals surface area contributed by atoms with E-state index in [1.165, 1.54) is 59.2 Å². The molecule has 0 heteroatoms. The van der Waals surface area contributed by atoms with Crippen molar-refractivity contribution in [1.82, 2.24) is 0 Å². The van der Waals surface area contributed by atoms with E-state index in [-0.39, 0.29) is 0 Å². The summed E-state index contributed by atoms with van der Waals surface area (Å²) in [5.41, 5.74) is 0. The van der Waals surface area contributed by atoms with Gasteiger partial charge in [0.1, 0.15) is 0 Å². The zero-order chi connectivity index (χ0) is 12.6. The first-order chi connectivity index (χ1) is 9.18. The van der Waals surface area contributed by atoms with Crippen LogP contribution in [0.4, 0.5) is 0 Å². The molecule has 7 unspecified atom stereocenters. The zero-order valence-corrected chi connectivity index (χ0v) is 12.6. The lowest BCUT2D eigenvalue weighted by atomic mass is 9.15. The highest BCUT2D eigenvalue weighted by Gasteiger charge is 2.84. The Morgan fingerprint density at radius 3 is 2.00 bits per heavy atom. The molecule has 12 atom stereocenters. The average Bonchev–Trinajstić information content (AvgIpc) is 2.30. The maximum absolute atomic E-state index is 2.54. The van der Waals surface area contributed by atoms with Crippen LogP contribution in [-0.2, 0) is 0 Å². The van der Waals surface area contributed by atoms with Gasteiger partial charge in [-0.25, -0.2) is 0 Å². The summed E-state index contributed by atoms with van der Waals surface area (Å²) in [4.78, 5) is 0. The van der Waals surface area contributed by atoms with Crippen LogP contribution >= 0.6 is 0 Å². The van der Waals surface area contributed by atoms with Gasteiger partial charge in [-0.3, -0.25) is 0 Å². The lowest BCUT2D eigenvalue weighted by Gasteiger charge is -2.90. The van der Waals surface area contributed by atoms with Gasteiger partial charge in [-0.2, -0.15) is 0 Å². The smallest absolute Gasteiger partial charge is 0.0312 e. The Kier molecular flexibility index (Phi) is 1.66. The molecule has 0 radical (unpaired) electrons. The standard InChI is InChI=1S/C19H28/c1-7(2)4-9-6-11-13(9)17-15(11)18-14-10-5-8(3)12(10)16(14)19(17)18/h7-19H,4-6H2,1-3H3/t8-,9+,10+,11?,12-,13+,14?,15?,16?,17?,18?,19?/m1/s1. The van der Waals surface area contributed by atoms with Gasteiger partial charge in [0.05, 0.1) is 0 Å². The van der Waals surface area contributed by atoms with Gasteiger partial charge in [0.25, 0.3) is 0 Å². The van der Waals surface area contributed by atoms with Crippen molar-refractivity contribution in [3.8, 4) is 0 Å². The minimum Gasteiger partial charge on any atom is -0.0628 e. The maximum atomic E-state index is 2.54. The molecular formula is C19H28. The van der Waals surface area contributed by atoms with E-state index in [9.17, 15) is 0 Å². The molecule has 0 amide bonds. The van der Waals surface area contributed by atoms with Gasteiger partial charge in [0.2, 0.25) is 0 Å². The lowest BCUT2D eigenvalue weighted by Crippen LogP contribution is -2.86. The monoisotopic (exact) mass is 256 g/mol. The molecule has 6 fully saturated rings. The number of rotatable bonds is 2. The van der Waals surface area contributed by atoms with Gasteiger partial charge < -0.3 is 0 Å². The van der Waals surface area contributed by atoms with Crippen LogP contribution in [0.25, 0.3) is 0 Å². The van der Waals surface area contributed by atoms with E-state index >= 15 is 0 Å². The van der Waals surface area contributed by atoms with Gasteiger partial charge >= 0.3 is 0 Å². The van der Waals surface area contributed by atoms with Crippen molar-refractivity contribution in [1.29, 1.82) is 0 Å². The molecule has 0 N–H and O–H groups in total. The maximum Gasteiger partial charge on any atom is -0.0312 e. The fraction of sp³-hybridized carbons (Fsp3) is 1.00. The number of hydrogen-bond donors (Lipinski definition) is 0. The van der Waals surface area contributed by atoms with E-state index in [4.69, 9.17) is 0 Å². The highest BCUT2D eigenvalue weighted by molar-refractivity contribution is 5.31. The Morgan fingerprint density at radius 1 is 0.737 bits per heavy atom. The summed E-state index contributed by atoms with van der Waals surface area (Å²) in [6, 6.07) is 0. The van der Waals surface area contributed by atoms with Crippen LogP contribution in [0.1, 0.15) is 40.0 Å². The largest absolute Gasteiger partial charge is 0.0628 e. The van der Waals surface area contributed by atoms with Crippen LogP contribution in [0.5, 0.6) is 0 Å². The van der Waals surface area contributed by atoms with Crippen molar-refractivity contribution in [2.45, 2.75) is 40.0 Å². The average molecular weight is 256 g/mol. The van der Waals surface area contributed by atoms with E-state index in [2.05, 4.69) is 20.8 Å². The molecule has 6 aliphatic rings. The van der Waals surface area contributed by atoms with Gasteiger partial charge in [0.15, 0.2) is 0 Å². The van der Waals surface area contributed by atoms with Crippen molar-refractivity contribution < 1.29 is 0 Å². The molecule has 0 aromatic heterocycles. The van der Waals surface area contributed by atoms with Crippen molar-refractivity contribution in [2.24, 2.45) is 76.9 Å². The summed E-state index contributed by atoms with van der Waals surface area (Å²) >= 11 is 0. The summed E-state index contributed by atoms with van der Waals surface area (Å²) < 4.78 is 0. The van der Waals surface area contributed by atoms with E-state index in [1.807, 2.05) is 0 Å². The lowest BCUT2D eigenvalue weighted by molar-refractivity contribution is -0.426. The highest BCUT2D eigenvalue weighted by atomic mass is 14.9. The molecule has 0 aliphatic heterocycles. The summed E-state index contributed by atoms with van der Waals surface area (Å²) in [6.45, 7) is 7.40. The third kappa shape index (κ3) is 0.889. The Labute approximate surface area is 117 Å². The molecule has 19 heavy (non-hydrogen) atoms. The van der Waals surface area contributed by atoms with Crippen molar-refractivity contribution >= 4 is 0 Å². The van der Waals surface area contributed by atoms with Crippen LogP contribution < -0.4 is 0 Å². The van der Waals surface area contributed by atoms with E-state index in [0.717, 1.165) is 17.8 Å². The van der Waals surface area contributed by atoms with Crippen molar-refractivity contribution in [2.75, 3.05) is 0 Å². The topological polar surface area (TPSA) is 0 Å². The van der Waals surface area contributed by atoms with Gasteiger partial charge in [-0.15, -0.1) is 0 Å². The van der Waals surface area contributed by atoms with E-state index < -0.39 is 0 Å². The number of hydrogen-bond acceptors (Lipinski definition) is 0. The molecule has 0 saturated heterocycles. The first-order valence-corrected chi connectivity index (χ1v) is 9.18. The molecule has 6 saturated carbocycles. The third-order valence-electron chi connectivity index (χ3n) is 9.17. The number of fused-ring (bicyclic) bond motifs is 13. The van der Waals surface area contributed by atoms with Crippen LogP contribution in [-0.4, -0.2) is 0 Å². The first-order valence-electron chi connectivity index (χ1n) is 9.18. The molecule has 6 rings (SSSR count). The molecule has 0 heterocycles. The van der Waals surface area contributed by atoms with Crippen molar-refractivity contribution in [3.05, 3.63) is 0 Å². The summed E-state index contributed by atoms with van der Waals surface area (Å²) in [5.74, 6) is 15.7. The summed E-state index contributed by atoms with van der Waals surface area (Å²) in [5, 5.41) is 0. The Bertz CT molecular complexity index is 445. The normalized spacial score (nSPS) is 73.3. The molecular weight excluding hydrogens is 228 g/mol. The molecule has 0 nitrogen and oxygen atoms in total. The fourth-order valence-electron chi connectivity index (χ4n) is 8.89. The zero-order valence-electron chi connectivity index (χ0n) is 12.6. The van der Waals surface area contributed by atoms with Gasteiger partial charge in [0, 0.05) is 0 Å². The van der Waals surface area contributed by atoms with Gasteiger partial charge in [-0.05, 0) is 96.2 Å². The van der Waals surface area contributed by atoms with Crippen molar-refractivity contribution in [3.63, 3.8) is 0 Å². The van der Waals surface area contributed by atoms with Crippen LogP contribution in [0, 0.1) is 76.9 Å². The minimum absolute atomic E-state index is 0.940. The van der Waals surface area contributed by atoms with E-state index in [0.29, 0.717) is 0 Å². The Morgan fingerprint density at radius 2 is 1.32 bits per heavy atom. The predicted octanol–water partition coefficient (Wildman–Crippen LogP) is 4.31. The molecule has 0 aromatic carbocycles. The second-order valence-electron chi connectivity index (χ2n) is 9.78. The summed E-state index contributed by atoms with van der Waals surface area (Å²) in [7, 11) is 0. The van der Waals surface area contributed by atoms with Crippen LogP contribution in [0.2, 0.25) is 0 Å². The summed E-state index contributed by atoms with van der Waals surface area (Å²) in [6.07, 6.45) is 4.78. The second kappa shape index (κ2) is 2.95. The Hall–Kier alpha value is 0. The first kappa shape index (κ1) is 10.7. The van der Waals surface area contributed by atoms with Crippen LogP contribution in [0.3, 0.4) is 0 Å². The minimum atomic E-state index is 0.940. The molecule has 0 spiro atoms. The SMILES string of the molecule is CC(C)C[C@H]1CC2C3C4C(C3[C@H]21)C1C4[C@H]2C[C@@H](C)[C@@H]12. The molecule has 104 valence electrons. The second-order valence-corrected chi connectivity index (χ2v) is 9.78. The predicted molar refractivity (Wildman–Crippen MR) is 76.2 cm³/mol. The fourth-order valence-corrected chi connectivity index (χ4v) is 8.89. The highest BCUT2D eigenvalue weighted by Crippen LogP contribution is 2.88. The molecule has 0 aromatic rings. The molecule has 0 bridgehead atoms. The molecule has 6 aliphatic carbocycles. The Balaban J connectivity index is 1.21. The van der Waals surface area contributed by atoms with Crippen LogP contribution in [0.15, 0.2) is 0 Å².